The largest absolute Gasteiger partial charge is 0.486 e. The summed E-state index contributed by atoms with van der Waals surface area (Å²) < 4.78 is 7.13. The van der Waals surface area contributed by atoms with Gasteiger partial charge in [0.15, 0.2) is 5.82 Å². The number of amides is 1. The summed E-state index contributed by atoms with van der Waals surface area (Å²) in [6, 6.07) is 13.6. The van der Waals surface area contributed by atoms with Crippen molar-refractivity contribution in [1.29, 1.82) is 0 Å². The van der Waals surface area contributed by atoms with Gasteiger partial charge in [-0.1, -0.05) is 41.6 Å². The summed E-state index contributed by atoms with van der Waals surface area (Å²) in [6.45, 7) is 4.75. The quantitative estimate of drug-likeness (QED) is 0.387. The van der Waals surface area contributed by atoms with Gasteiger partial charge in [0.2, 0.25) is 11.1 Å². The molecule has 0 atom stereocenters. The van der Waals surface area contributed by atoms with E-state index in [4.69, 9.17) is 22.2 Å². The predicted octanol–water partition coefficient (Wildman–Crippen LogP) is 3.29. The number of carbonyl (C=O) groups excluding carboxylic acids is 1. The Morgan fingerprint density at radius 1 is 1.20 bits per heavy atom. The van der Waals surface area contributed by atoms with Gasteiger partial charge in [-0.2, -0.15) is 0 Å². The number of hydrogen-bond donors (Lipinski definition) is 2. The molecule has 0 aliphatic carbocycles. The molecular weight excluding hydrogens is 422 g/mol. The van der Waals surface area contributed by atoms with Crippen LogP contribution in [0.3, 0.4) is 0 Å². The summed E-state index contributed by atoms with van der Waals surface area (Å²) in [4.78, 5) is 12.1. The lowest BCUT2D eigenvalue weighted by atomic mass is 10.1. The molecule has 0 aliphatic rings. The minimum atomic E-state index is -0.0990. The van der Waals surface area contributed by atoms with Crippen LogP contribution >= 0.6 is 23.4 Å². The first-order chi connectivity index (χ1) is 14.4. The first-order valence-corrected chi connectivity index (χ1v) is 10.8. The second-order valence-electron chi connectivity index (χ2n) is 6.90. The number of ether oxygens (including phenoxy) is 1. The van der Waals surface area contributed by atoms with Gasteiger partial charge in [-0.25, -0.2) is 4.68 Å². The van der Waals surface area contributed by atoms with Crippen molar-refractivity contribution in [3.63, 3.8) is 0 Å². The molecule has 0 spiro atoms. The van der Waals surface area contributed by atoms with Crippen molar-refractivity contribution in [3.8, 4) is 5.75 Å². The molecule has 0 saturated heterocycles. The second kappa shape index (κ2) is 10.4. The molecule has 0 aliphatic heterocycles. The van der Waals surface area contributed by atoms with Crippen LogP contribution in [0, 0.1) is 13.8 Å². The molecule has 3 rings (SSSR count). The Morgan fingerprint density at radius 2 is 1.97 bits per heavy atom. The Kier molecular flexibility index (Phi) is 7.59. The van der Waals surface area contributed by atoms with E-state index in [1.165, 1.54) is 16.4 Å². The van der Waals surface area contributed by atoms with Crippen LogP contribution in [0.1, 0.15) is 22.5 Å². The number of benzene rings is 2. The summed E-state index contributed by atoms with van der Waals surface area (Å²) in [5.41, 5.74) is 3.32. The van der Waals surface area contributed by atoms with Gasteiger partial charge in [-0.15, -0.1) is 10.2 Å². The molecule has 1 heterocycles. The van der Waals surface area contributed by atoms with Crippen LogP contribution in [0.25, 0.3) is 0 Å². The molecule has 0 radical (unpaired) electrons. The smallest absolute Gasteiger partial charge is 0.230 e. The second-order valence-corrected chi connectivity index (χ2v) is 8.28. The average molecular weight is 446 g/mol. The lowest BCUT2D eigenvalue weighted by Gasteiger charge is -2.08. The molecular formula is C21H24ClN5O2S. The number of halogens is 1. The van der Waals surface area contributed by atoms with Crippen molar-refractivity contribution >= 4 is 29.3 Å². The first-order valence-electron chi connectivity index (χ1n) is 9.45. The molecule has 0 saturated carbocycles. The van der Waals surface area contributed by atoms with Crippen molar-refractivity contribution < 1.29 is 9.53 Å². The van der Waals surface area contributed by atoms with Crippen LogP contribution in [0.15, 0.2) is 47.6 Å². The molecule has 0 fully saturated rings. The monoisotopic (exact) mass is 445 g/mol. The first kappa shape index (κ1) is 22.0. The molecule has 0 unspecified atom stereocenters. The molecule has 2 aromatic carbocycles. The highest BCUT2D eigenvalue weighted by Gasteiger charge is 2.13. The number of nitrogens with one attached hydrogen (secondary N) is 1. The lowest BCUT2D eigenvalue weighted by Crippen LogP contribution is -2.27. The number of aromatic nitrogens is 3. The van der Waals surface area contributed by atoms with E-state index in [1.807, 2.05) is 50.2 Å². The van der Waals surface area contributed by atoms with E-state index >= 15 is 0 Å². The zero-order chi connectivity index (χ0) is 21.5. The van der Waals surface area contributed by atoms with E-state index in [1.54, 1.807) is 0 Å². The molecule has 1 amide bonds. The number of aryl methyl sites for hydroxylation is 2. The minimum Gasteiger partial charge on any atom is -0.486 e. The van der Waals surface area contributed by atoms with E-state index in [-0.39, 0.29) is 18.3 Å². The molecule has 30 heavy (non-hydrogen) atoms. The fourth-order valence-electron chi connectivity index (χ4n) is 2.89. The Morgan fingerprint density at radius 3 is 2.70 bits per heavy atom. The molecule has 3 aromatic rings. The van der Waals surface area contributed by atoms with E-state index < -0.39 is 0 Å². The number of nitrogens with zero attached hydrogens (tertiary/aromatic N) is 3. The van der Waals surface area contributed by atoms with Crippen LogP contribution in [0.4, 0.5) is 0 Å². The summed E-state index contributed by atoms with van der Waals surface area (Å²) in [7, 11) is 0. The van der Waals surface area contributed by atoms with Gasteiger partial charge in [0.25, 0.3) is 0 Å². The third-order valence-electron chi connectivity index (χ3n) is 4.26. The van der Waals surface area contributed by atoms with Gasteiger partial charge < -0.3 is 15.9 Å². The molecule has 3 N–H and O–H groups in total. The lowest BCUT2D eigenvalue weighted by molar-refractivity contribution is -0.118. The molecule has 1 aromatic heterocycles. The predicted molar refractivity (Wildman–Crippen MR) is 119 cm³/mol. The highest BCUT2D eigenvalue weighted by molar-refractivity contribution is 7.99. The molecule has 158 valence electrons. The van der Waals surface area contributed by atoms with Gasteiger partial charge in [-0.05, 0) is 61.2 Å². The zero-order valence-electron chi connectivity index (χ0n) is 16.9. The highest BCUT2D eigenvalue weighted by Crippen LogP contribution is 2.19. The zero-order valence-corrected chi connectivity index (χ0v) is 18.5. The number of thioether (sulfide) groups is 1. The average Bonchev–Trinajstić information content (AvgIpc) is 3.04. The number of carbonyl (C=O) groups is 1. The fourth-order valence-corrected chi connectivity index (χ4v) is 3.81. The van der Waals surface area contributed by atoms with E-state index in [0.717, 1.165) is 22.4 Å². The van der Waals surface area contributed by atoms with Crippen LogP contribution in [-0.4, -0.2) is 33.1 Å². The SMILES string of the molecule is Cc1cc(C)cc(OCc2nnc(SCC(=O)NCCc3cccc(Cl)c3)n2N)c1. The van der Waals surface area contributed by atoms with Crippen molar-refractivity contribution in [3.05, 3.63) is 70.0 Å². The summed E-state index contributed by atoms with van der Waals surface area (Å²) >= 11 is 7.19. The van der Waals surface area contributed by atoms with Crippen LogP contribution < -0.4 is 15.9 Å². The number of hydrogen-bond acceptors (Lipinski definition) is 6. The summed E-state index contributed by atoms with van der Waals surface area (Å²) in [5, 5.41) is 12.1. The van der Waals surface area contributed by atoms with Gasteiger partial charge in [0.05, 0.1) is 5.75 Å². The summed E-state index contributed by atoms with van der Waals surface area (Å²) in [6.07, 6.45) is 0.712. The Hall–Kier alpha value is -2.71. The van der Waals surface area contributed by atoms with Crippen LogP contribution in [-0.2, 0) is 17.8 Å². The van der Waals surface area contributed by atoms with Gasteiger partial charge in [-0.3, -0.25) is 4.79 Å². The van der Waals surface area contributed by atoms with Crippen LogP contribution in [0.5, 0.6) is 5.75 Å². The third kappa shape index (κ3) is 6.40. The van der Waals surface area contributed by atoms with Crippen molar-refractivity contribution in [2.24, 2.45) is 0 Å². The van der Waals surface area contributed by atoms with Crippen LogP contribution in [0.2, 0.25) is 5.02 Å². The van der Waals surface area contributed by atoms with Crippen molar-refractivity contribution in [2.75, 3.05) is 18.1 Å². The molecule has 9 heteroatoms. The minimum absolute atomic E-state index is 0.0990. The Bertz CT molecular complexity index is 1000. The number of nitrogens with two attached hydrogens (primary N) is 1. The molecule has 0 bridgehead atoms. The Balaban J connectivity index is 1.44. The third-order valence-corrected chi connectivity index (χ3v) is 5.43. The maximum absolute atomic E-state index is 12.1. The van der Waals surface area contributed by atoms with E-state index in [2.05, 4.69) is 21.6 Å². The van der Waals surface area contributed by atoms with E-state index in [9.17, 15) is 4.79 Å². The van der Waals surface area contributed by atoms with Crippen molar-refractivity contribution in [1.82, 2.24) is 20.2 Å². The van der Waals surface area contributed by atoms with Gasteiger partial charge in [0, 0.05) is 11.6 Å². The number of nitrogen functional groups attached to an aromatic ring is 1. The topological polar surface area (TPSA) is 95.1 Å². The van der Waals surface area contributed by atoms with E-state index in [0.29, 0.717) is 29.0 Å². The maximum Gasteiger partial charge on any atom is 0.230 e. The normalized spacial score (nSPS) is 10.8. The fraction of sp³-hybridized carbons (Fsp3) is 0.286. The molecule has 7 nitrogen and oxygen atoms in total. The Labute approximate surface area is 184 Å². The maximum atomic E-state index is 12.1. The van der Waals surface area contributed by atoms with Gasteiger partial charge in [0.1, 0.15) is 12.4 Å². The number of rotatable bonds is 9. The summed E-state index contributed by atoms with van der Waals surface area (Å²) in [5.74, 6) is 7.39. The van der Waals surface area contributed by atoms with Crippen molar-refractivity contribution in [2.45, 2.75) is 32.0 Å². The standard InChI is InChI=1S/C21H24ClN5O2S/c1-14-8-15(2)10-18(9-14)29-12-19-25-26-21(27(19)23)30-13-20(28)24-7-6-16-4-3-5-17(22)11-16/h3-5,8-11H,6-7,12-13,23H2,1-2H3,(H,24,28). The van der Waals surface area contributed by atoms with Gasteiger partial charge >= 0.3 is 0 Å². The highest BCUT2D eigenvalue weighted by atomic mass is 35.5.